The Hall–Kier alpha value is -1.92. The van der Waals surface area contributed by atoms with E-state index in [2.05, 4.69) is 4.72 Å². The lowest BCUT2D eigenvalue weighted by Gasteiger charge is -2.09. The number of aryl methyl sites for hydroxylation is 1. The normalized spacial score (nSPS) is 11.3. The van der Waals surface area contributed by atoms with Crippen molar-refractivity contribution in [2.75, 3.05) is 11.3 Å². The summed E-state index contributed by atoms with van der Waals surface area (Å²) < 4.78 is 40.0. The largest absolute Gasteiger partial charge is 0.396 e. The van der Waals surface area contributed by atoms with Crippen molar-refractivity contribution < 1.29 is 17.9 Å². The maximum Gasteiger partial charge on any atom is 0.261 e. The number of sulfonamides is 1. The van der Waals surface area contributed by atoms with Crippen molar-refractivity contribution in [2.45, 2.75) is 17.7 Å². The van der Waals surface area contributed by atoms with Gasteiger partial charge in [0.1, 0.15) is 5.82 Å². The molecule has 112 valence electrons. The van der Waals surface area contributed by atoms with Gasteiger partial charge in [0, 0.05) is 6.61 Å². The molecule has 4 nitrogen and oxygen atoms in total. The molecule has 0 amide bonds. The second-order valence-electron chi connectivity index (χ2n) is 4.56. The Labute approximate surface area is 123 Å². The number of para-hydroxylation sites is 1. The molecule has 2 rings (SSSR count). The Bertz CT molecular complexity index is 699. The summed E-state index contributed by atoms with van der Waals surface area (Å²) in [4.78, 5) is 0.0681. The van der Waals surface area contributed by atoms with E-state index in [-0.39, 0.29) is 17.2 Å². The fraction of sp³-hybridized carbons (Fsp3) is 0.200. The number of benzene rings is 2. The number of aliphatic hydroxyl groups is 1. The van der Waals surface area contributed by atoms with Crippen LogP contribution in [-0.2, 0) is 16.4 Å². The fourth-order valence-electron chi connectivity index (χ4n) is 1.87. The Morgan fingerprint density at radius 1 is 1.05 bits per heavy atom. The van der Waals surface area contributed by atoms with Gasteiger partial charge in [0.2, 0.25) is 0 Å². The molecule has 21 heavy (non-hydrogen) atoms. The molecule has 0 saturated heterocycles. The van der Waals surface area contributed by atoms with Crippen molar-refractivity contribution in [1.82, 2.24) is 0 Å². The number of anilines is 1. The monoisotopic (exact) mass is 309 g/mol. The molecule has 0 atom stereocenters. The summed E-state index contributed by atoms with van der Waals surface area (Å²) in [6.45, 7) is 0.0922. The maximum absolute atomic E-state index is 13.5. The minimum Gasteiger partial charge on any atom is -0.396 e. The molecule has 0 heterocycles. The summed E-state index contributed by atoms with van der Waals surface area (Å²) in [5.74, 6) is -0.624. The highest BCUT2D eigenvalue weighted by molar-refractivity contribution is 7.92. The van der Waals surface area contributed by atoms with Gasteiger partial charge < -0.3 is 5.11 Å². The van der Waals surface area contributed by atoms with Crippen LogP contribution in [0.2, 0.25) is 0 Å². The smallest absolute Gasteiger partial charge is 0.261 e. The van der Waals surface area contributed by atoms with Crippen LogP contribution in [0.5, 0.6) is 0 Å². The van der Waals surface area contributed by atoms with Gasteiger partial charge in [-0.25, -0.2) is 12.8 Å². The third-order valence-corrected chi connectivity index (χ3v) is 4.36. The van der Waals surface area contributed by atoms with Crippen LogP contribution in [0.4, 0.5) is 10.1 Å². The number of hydrogen-bond donors (Lipinski definition) is 2. The zero-order chi connectivity index (χ0) is 15.3. The van der Waals surface area contributed by atoms with Gasteiger partial charge in [-0.1, -0.05) is 24.3 Å². The van der Waals surface area contributed by atoms with Crippen LogP contribution in [0.25, 0.3) is 0 Å². The van der Waals surface area contributed by atoms with E-state index in [1.165, 1.54) is 30.3 Å². The summed E-state index contributed by atoms with van der Waals surface area (Å²) in [5, 5.41) is 8.76. The quantitative estimate of drug-likeness (QED) is 0.862. The second kappa shape index (κ2) is 6.69. The molecule has 2 aromatic carbocycles. The van der Waals surface area contributed by atoms with Crippen LogP contribution in [0.1, 0.15) is 12.0 Å². The summed E-state index contributed by atoms with van der Waals surface area (Å²) in [7, 11) is -3.81. The molecular weight excluding hydrogens is 293 g/mol. The predicted octanol–water partition coefficient (Wildman–Crippen LogP) is 2.55. The van der Waals surface area contributed by atoms with Gasteiger partial charge in [0.05, 0.1) is 10.6 Å². The minimum atomic E-state index is -3.81. The van der Waals surface area contributed by atoms with Gasteiger partial charge in [0.25, 0.3) is 10.0 Å². The van der Waals surface area contributed by atoms with Crippen LogP contribution in [0, 0.1) is 5.82 Å². The van der Waals surface area contributed by atoms with Crippen molar-refractivity contribution in [3.05, 3.63) is 59.9 Å². The molecule has 0 bridgehead atoms. The number of halogens is 1. The summed E-state index contributed by atoms with van der Waals surface area (Å²) in [6.07, 6.45) is 1.30. The summed E-state index contributed by atoms with van der Waals surface area (Å²) in [5.41, 5.74) is 0.857. The molecule has 0 aliphatic heterocycles. The third-order valence-electron chi connectivity index (χ3n) is 2.98. The van der Waals surface area contributed by atoms with E-state index in [0.29, 0.717) is 12.8 Å². The van der Waals surface area contributed by atoms with Gasteiger partial charge in [0.15, 0.2) is 0 Å². The lowest BCUT2D eigenvalue weighted by Crippen LogP contribution is -2.13. The van der Waals surface area contributed by atoms with Gasteiger partial charge in [-0.2, -0.15) is 0 Å². The summed E-state index contributed by atoms with van der Waals surface area (Å²) in [6, 6.07) is 11.9. The van der Waals surface area contributed by atoms with Gasteiger partial charge in [-0.15, -0.1) is 0 Å². The Kier molecular flexibility index (Phi) is 4.93. The first-order chi connectivity index (χ1) is 10.0. The zero-order valence-corrected chi connectivity index (χ0v) is 12.1. The molecule has 0 unspecified atom stereocenters. The first-order valence-electron chi connectivity index (χ1n) is 6.50. The highest BCUT2D eigenvalue weighted by Gasteiger charge is 2.15. The van der Waals surface area contributed by atoms with E-state index in [1.54, 1.807) is 18.2 Å². The second-order valence-corrected chi connectivity index (χ2v) is 6.24. The Balaban J connectivity index is 2.18. The topological polar surface area (TPSA) is 66.4 Å². The molecule has 2 N–H and O–H groups in total. The van der Waals surface area contributed by atoms with Crippen molar-refractivity contribution in [1.29, 1.82) is 0 Å². The van der Waals surface area contributed by atoms with E-state index >= 15 is 0 Å². The molecule has 0 fully saturated rings. The Morgan fingerprint density at radius 3 is 2.33 bits per heavy atom. The number of aliphatic hydroxyl groups excluding tert-OH is 1. The minimum absolute atomic E-state index is 0.0681. The van der Waals surface area contributed by atoms with Crippen molar-refractivity contribution in [2.24, 2.45) is 0 Å². The van der Waals surface area contributed by atoms with E-state index in [0.717, 1.165) is 5.56 Å². The Morgan fingerprint density at radius 2 is 1.71 bits per heavy atom. The SMILES string of the molecule is O=S(=O)(Nc1ccccc1F)c1ccc(CCCO)cc1. The van der Waals surface area contributed by atoms with Gasteiger partial charge in [-0.05, 0) is 42.7 Å². The van der Waals surface area contributed by atoms with Crippen LogP contribution in [0.3, 0.4) is 0 Å². The predicted molar refractivity (Wildman–Crippen MR) is 79.1 cm³/mol. The van der Waals surface area contributed by atoms with Crippen LogP contribution in [-0.4, -0.2) is 20.1 Å². The van der Waals surface area contributed by atoms with Crippen LogP contribution >= 0.6 is 0 Å². The van der Waals surface area contributed by atoms with Gasteiger partial charge >= 0.3 is 0 Å². The number of hydrogen-bond acceptors (Lipinski definition) is 3. The van der Waals surface area contributed by atoms with Crippen molar-refractivity contribution in [3.8, 4) is 0 Å². The number of nitrogens with one attached hydrogen (secondary N) is 1. The molecule has 0 saturated carbocycles. The molecule has 2 aromatic rings. The highest BCUT2D eigenvalue weighted by atomic mass is 32.2. The number of rotatable bonds is 6. The highest BCUT2D eigenvalue weighted by Crippen LogP contribution is 2.19. The molecule has 0 aromatic heterocycles. The van der Waals surface area contributed by atoms with Crippen molar-refractivity contribution in [3.63, 3.8) is 0 Å². The molecule has 0 spiro atoms. The standard InChI is InChI=1S/C15H16FNO3S/c16-14-5-1-2-6-15(14)17-21(19,20)13-9-7-12(8-10-13)4-3-11-18/h1-2,5-10,17-18H,3-4,11H2. The average Bonchev–Trinajstić information content (AvgIpc) is 2.48. The van der Waals surface area contributed by atoms with Crippen LogP contribution < -0.4 is 4.72 Å². The molecule has 0 aliphatic rings. The maximum atomic E-state index is 13.5. The molecule has 0 radical (unpaired) electrons. The summed E-state index contributed by atoms with van der Waals surface area (Å²) >= 11 is 0. The van der Waals surface area contributed by atoms with Gasteiger partial charge in [-0.3, -0.25) is 4.72 Å². The lowest BCUT2D eigenvalue weighted by molar-refractivity contribution is 0.288. The first-order valence-corrected chi connectivity index (χ1v) is 7.98. The van der Waals surface area contributed by atoms with E-state index in [9.17, 15) is 12.8 Å². The molecule has 6 heteroatoms. The zero-order valence-electron chi connectivity index (χ0n) is 11.3. The average molecular weight is 309 g/mol. The molecular formula is C15H16FNO3S. The van der Waals surface area contributed by atoms with Crippen LogP contribution in [0.15, 0.2) is 53.4 Å². The third kappa shape index (κ3) is 4.03. The van der Waals surface area contributed by atoms with E-state index in [1.807, 2.05) is 0 Å². The van der Waals surface area contributed by atoms with E-state index in [4.69, 9.17) is 5.11 Å². The lowest BCUT2D eigenvalue weighted by atomic mass is 10.1. The van der Waals surface area contributed by atoms with E-state index < -0.39 is 15.8 Å². The van der Waals surface area contributed by atoms with Crippen molar-refractivity contribution >= 4 is 15.7 Å². The molecule has 0 aliphatic carbocycles. The first kappa shape index (κ1) is 15.5. The fourth-order valence-corrected chi connectivity index (χ4v) is 2.93.